The average Bonchev–Trinajstić information content (AvgIpc) is 2.42. The summed E-state index contributed by atoms with van der Waals surface area (Å²) < 4.78 is 12.7. The normalized spacial score (nSPS) is 11.9. The number of hydrogen-bond donors (Lipinski definition) is 2. The van der Waals surface area contributed by atoms with Gasteiger partial charge in [0, 0.05) is 18.5 Å². The molecule has 1 rings (SSSR count). The maximum absolute atomic E-state index is 12.7. The maximum atomic E-state index is 12.7. The molecule has 1 aromatic rings. The Kier molecular flexibility index (Phi) is 6.70. The number of benzene rings is 1. The van der Waals surface area contributed by atoms with E-state index < -0.39 is 5.97 Å². The number of carbonyl (C=O) groups is 2. The van der Waals surface area contributed by atoms with Crippen LogP contribution in [0.1, 0.15) is 43.0 Å². The van der Waals surface area contributed by atoms with E-state index in [1.54, 1.807) is 0 Å². The predicted octanol–water partition coefficient (Wildman–Crippen LogP) is 2.84. The molecule has 110 valence electrons. The lowest BCUT2D eigenvalue weighted by atomic mass is 9.96. The first-order valence-electron chi connectivity index (χ1n) is 6.78. The SMILES string of the molecule is CCC(CCNC(=O)c1ccc(F)cc1)CCC(=O)O. The van der Waals surface area contributed by atoms with E-state index in [1.165, 1.54) is 24.3 Å². The van der Waals surface area contributed by atoms with E-state index in [0.29, 0.717) is 24.4 Å². The number of nitrogens with one attached hydrogen (secondary N) is 1. The molecule has 1 unspecified atom stereocenters. The topological polar surface area (TPSA) is 66.4 Å². The third kappa shape index (κ3) is 5.82. The fourth-order valence-electron chi connectivity index (χ4n) is 1.97. The second-order valence-electron chi connectivity index (χ2n) is 4.76. The Hall–Kier alpha value is -1.91. The summed E-state index contributed by atoms with van der Waals surface area (Å²) in [5, 5.41) is 11.4. The summed E-state index contributed by atoms with van der Waals surface area (Å²) in [5.41, 5.74) is 0.421. The molecular formula is C15H20FNO3. The monoisotopic (exact) mass is 281 g/mol. The van der Waals surface area contributed by atoms with Crippen molar-refractivity contribution in [1.29, 1.82) is 0 Å². The zero-order chi connectivity index (χ0) is 15.0. The number of carboxylic acid groups (broad SMARTS) is 1. The van der Waals surface area contributed by atoms with Gasteiger partial charge in [0.05, 0.1) is 0 Å². The lowest BCUT2D eigenvalue weighted by Crippen LogP contribution is -2.26. The molecule has 0 aliphatic carbocycles. The van der Waals surface area contributed by atoms with Gasteiger partial charge in [-0.25, -0.2) is 4.39 Å². The zero-order valence-corrected chi connectivity index (χ0v) is 11.6. The zero-order valence-electron chi connectivity index (χ0n) is 11.6. The number of rotatable bonds is 8. The van der Waals surface area contributed by atoms with Crippen LogP contribution in [-0.4, -0.2) is 23.5 Å². The van der Waals surface area contributed by atoms with Gasteiger partial charge in [-0.15, -0.1) is 0 Å². The predicted molar refractivity (Wildman–Crippen MR) is 74.0 cm³/mol. The number of halogens is 1. The Balaban J connectivity index is 2.33. The minimum atomic E-state index is -0.793. The summed E-state index contributed by atoms with van der Waals surface area (Å²) in [6, 6.07) is 5.37. The highest BCUT2D eigenvalue weighted by Crippen LogP contribution is 2.14. The Morgan fingerprint density at radius 1 is 1.25 bits per heavy atom. The molecule has 0 radical (unpaired) electrons. The standard InChI is InChI=1S/C15H20FNO3/c1-2-11(3-8-14(18)19)9-10-17-15(20)12-4-6-13(16)7-5-12/h4-7,11H,2-3,8-10H2,1H3,(H,17,20)(H,18,19). The lowest BCUT2D eigenvalue weighted by Gasteiger charge is -2.14. The third-order valence-electron chi connectivity index (χ3n) is 3.29. The second kappa shape index (κ2) is 8.30. The molecule has 2 N–H and O–H groups in total. The van der Waals surface area contributed by atoms with Crippen molar-refractivity contribution in [1.82, 2.24) is 5.32 Å². The molecule has 5 heteroatoms. The molecule has 1 atom stereocenters. The van der Waals surface area contributed by atoms with Gasteiger partial charge >= 0.3 is 5.97 Å². The van der Waals surface area contributed by atoms with Crippen molar-refractivity contribution >= 4 is 11.9 Å². The molecule has 0 fully saturated rings. The lowest BCUT2D eigenvalue weighted by molar-refractivity contribution is -0.137. The molecule has 0 saturated carbocycles. The van der Waals surface area contributed by atoms with Gasteiger partial charge in [0.2, 0.25) is 0 Å². The molecule has 0 saturated heterocycles. The Morgan fingerprint density at radius 3 is 2.45 bits per heavy atom. The van der Waals surface area contributed by atoms with Gasteiger partial charge in [-0.05, 0) is 43.0 Å². The summed E-state index contributed by atoms with van der Waals surface area (Å²) in [7, 11) is 0. The molecule has 20 heavy (non-hydrogen) atoms. The summed E-state index contributed by atoms with van der Waals surface area (Å²) >= 11 is 0. The van der Waals surface area contributed by atoms with Gasteiger partial charge in [-0.2, -0.15) is 0 Å². The van der Waals surface area contributed by atoms with Gasteiger partial charge in [-0.1, -0.05) is 13.3 Å². The van der Waals surface area contributed by atoms with Gasteiger partial charge in [-0.3, -0.25) is 9.59 Å². The van der Waals surface area contributed by atoms with Crippen molar-refractivity contribution in [2.75, 3.05) is 6.54 Å². The molecule has 1 aromatic carbocycles. The van der Waals surface area contributed by atoms with Crippen LogP contribution in [0.3, 0.4) is 0 Å². The largest absolute Gasteiger partial charge is 0.481 e. The highest BCUT2D eigenvalue weighted by atomic mass is 19.1. The highest BCUT2D eigenvalue weighted by molar-refractivity contribution is 5.94. The van der Waals surface area contributed by atoms with Gasteiger partial charge in [0.25, 0.3) is 5.91 Å². The van der Waals surface area contributed by atoms with Gasteiger partial charge in [0.1, 0.15) is 5.82 Å². The maximum Gasteiger partial charge on any atom is 0.303 e. The number of amides is 1. The van der Waals surface area contributed by atoms with Crippen molar-refractivity contribution in [2.45, 2.75) is 32.6 Å². The molecule has 0 bridgehead atoms. The first-order valence-corrected chi connectivity index (χ1v) is 6.78. The minimum Gasteiger partial charge on any atom is -0.481 e. The molecule has 4 nitrogen and oxygen atoms in total. The molecule has 0 aliphatic rings. The summed E-state index contributed by atoms with van der Waals surface area (Å²) in [6.45, 7) is 2.50. The van der Waals surface area contributed by atoms with Crippen LogP contribution in [0.25, 0.3) is 0 Å². The second-order valence-corrected chi connectivity index (χ2v) is 4.76. The molecule has 0 heterocycles. The molecule has 0 aliphatic heterocycles. The molecule has 0 aromatic heterocycles. The van der Waals surface area contributed by atoms with Crippen LogP contribution in [0, 0.1) is 11.7 Å². The quantitative estimate of drug-likeness (QED) is 0.770. The van der Waals surface area contributed by atoms with Crippen LogP contribution >= 0.6 is 0 Å². The van der Waals surface area contributed by atoms with E-state index in [9.17, 15) is 14.0 Å². The van der Waals surface area contributed by atoms with E-state index in [-0.39, 0.29) is 18.1 Å². The Bertz CT molecular complexity index is 445. The van der Waals surface area contributed by atoms with Crippen molar-refractivity contribution in [2.24, 2.45) is 5.92 Å². The number of hydrogen-bond acceptors (Lipinski definition) is 2. The Morgan fingerprint density at radius 2 is 1.90 bits per heavy atom. The third-order valence-corrected chi connectivity index (χ3v) is 3.29. The van der Waals surface area contributed by atoms with Crippen LogP contribution < -0.4 is 5.32 Å². The molecule has 0 spiro atoms. The van der Waals surface area contributed by atoms with E-state index >= 15 is 0 Å². The highest BCUT2D eigenvalue weighted by Gasteiger charge is 2.10. The fourth-order valence-corrected chi connectivity index (χ4v) is 1.97. The first-order chi connectivity index (χ1) is 9.52. The number of carboxylic acids is 1. The number of carbonyl (C=O) groups excluding carboxylic acids is 1. The van der Waals surface area contributed by atoms with Crippen molar-refractivity contribution < 1.29 is 19.1 Å². The van der Waals surface area contributed by atoms with E-state index in [4.69, 9.17) is 5.11 Å². The summed E-state index contributed by atoms with van der Waals surface area (Å²) in [6.07, 6.45) is 2.42. The van der Waals surface area contributed by atoms with Gasteiger partial charge < -0.3 is 10.4 Å². The fraction of sp³-hybridized carbons (Fsp3) is 0.467. The molecular weight excluding hydrogens is 261 g/mol. The van der Waals surface area contributed by atoms with Crippen molar-refractivity contribution in [3.05, 3.63) is 35.6 Å². The summed E-state index contributed by atoms with van der Waals surface area (Å²) in [4.78, 5) is 22.3. The van der Waals surface area contributed by atoms with Crippen LogP contribution in [0.2, 0.25) is 0 Å². The van der Waals surface area contributed by atoms with Crippen molar-refractivity contribution in [3.63, 3.8) is 0 Å². The molecule has 1 amide bonds. The minimum absolute atomic E-state index is 0.157. The van der Waals surface area contributed by atoms with E-state index in [1.807, 2.05) is 6.92 Å². The number of aliphatic carboxylic acids is 1. The van der Waals surface area contributed by atoms with Crippen LogP contribution in [0.15, 0.2) is 24.3 Å². The van der Waals surface area contributed by atoms with Crippen LogP contribution in [0.5, 0.6) is 0 Å². The van der Waals surface area contributed by atoms with E-state index in [2.05, 4.69) is 5.32 Å². The van der Waals surface area contributed by atoms with Gasteiger partial charge in [0.15, 0.2) is 0 Å². The van der Waals surface area contributed by atoms with Crippen LogP contribution in [0.4, 0.5) is 4.39 Å². The smallest absolute Gasteiger partial charge is 0.303 e. The van der Waals surface area contributed by atoms with E-state index in [0.717, 1.165) is 12.8 Å². The Labute approximate surface area is 118 Å². The van der Waals surface area contributed by atoms with Crippen LogP contribution in [-0.2, 0) is 4.79 Å². The van der Waals surface area contributed by atoms with Crippen molar-refractivity contribution in [3.8, 4) is 0 Å². The average molecular weight is 281 g/mol. The summed E-state index contributed by atoms with van der Waals surface area (Å²) in [5.74, 6) is -1.11. The first kappa shape index (κ1) is 16.1.